The Hall–Kier alpha value is -3.49. The number of nitrogens with zero attached hydrogens (tertiary/aromatic N) is 2. The number of rotatable bonds is 7. The Balaban J connectivity index is 1.52. The summed E-state index contributed by atoms with van der Waals surface area (Å²) in [6.07, 6.45) is 5.14. The first-order chi connectivity index (χ1) is 16.8. The normalized spacial score (nSPS) is 22.5. The molecule has 0 aliphatic carbocycles. The molecule has 0 radical (unpaired) electrons. The summed E-state index contributed by atoms with van der Waals surface area (Å²) in [6, 6.07) is 13.7. The van der Waals surface area contributed by atoms with Crippen molar-refractivity contribution < 1.29 is 24.6 Å². The Bertz CT molecular complexity index is 1150. The number of carbonyl (C=O) groups is 3. The van der Waals surface area contributed by atoms with Crippen LogP contribution in [0.3, 0.4) is 0 Å². The van der Waals surface area contributed by atoms with Crippen LogP contribution in [0.5, 0.6) is 0 Å². The first-order valence-corrected chi connectivity index (χ1v) is 11.9. The summed E-state index contributed by atoms with van der Waals surface area (Å²) in [6.45, 7) is 2.31. The molecule has 3 N–H and O–H groups in total. The lowest BCUT2D eigenvalue weighted by Crippen LogP contribution is -2.43. The molecule has 0 saturated carbocycles. The van der Waals surface area contributed by atoms with Crippen LogP contribution in [-0.4, -0.2) is 59.1 Å². The van der Waals surface area contributed by atoms with Gasteiger partial charge in [0.1, 0.15) is 0 Å². The molecule has 8 heteroatoms. The SMILES string of the molecule is C[C@@H](/C=C/CC(=O)N1CCC[C@H]1CO)[C@]1(O)C(=O)N(C)c2ccc(NC(=O)c3ccccc3)cc21. The lowest BCUT2D eigenvalue weighted by Gasteiger charge is -2.27. The van der Waals surface area contributed by atoms with Crippen LogP contribution in [0.4, 0.5) is 11.4 Å². The molecule has 1 saturated heterocycles. The maximum atomic E-state index is 13.1. The largest absolute Gasteiger partial charge is 0.394 e. The van der Waals surface area contributed by atoms with Crippen molar-refractivity contribution in [3.8, 4) is 0 Å². The number of nitrogens with one attached hydrogen (secondary N) is 1. The summed E-state index contributed by atoms with van der Waals surface area (Å²) in [4.78, 5) is 41.4. The van der Waals surface area contributed by atoms with Gasteiger partial charge in [0.25, 0.3) is 11.8 Å². The highest BCUT2D eigenvalue weighted by Crippen LogP contribution is 2.45. The predicted octanol–water partition coefficient (Wildman–Crippen LogP) is 2.67. The minimum absolute atomic E-state index is 0.0492. The number of fused-ring (bicyclic) bond motifs is 1. The van der Waals surface area contributed by atoms with Crippen molar-refractivity contribution in [1.29, 1.82) is 0 Å². The third-order valence-corrected chi connectivity index (χ3v) is 6.98. The van der Waals surface area contributed by atoms with Crippen molar-refractivity contribution >= 4 is 29.1 Å². The Morgan fingerprint density at radius 3 is 2.69 bits per heavy atom. The second-order valence-corrected chi connectivity index (χ2v) is 9.17. The lowest BCUT2D eigenvalue weighted by molar-refractivity contribution is -0.139. The average molecular weight is 478 g/mol. The zero-order valence-electron chi connectivity index (χ0n) is 20.0. The monoisotopic (exact) mass is 477 g/mol. The third-order valence-electron chi connectivity index (χ3n) is 6.98. The fourth-order valence-electron chi connectivity index (χ4n) is 4.91. The zero-order chi connectivity index (χ0) is 25.2. The molecule has 2 aromatic rings. The smallest absolute Gasteiger partial charge is 0.264 e. The van der Waals surface area contributed by atoms with Crippen LogP contribution < -0.4 is 10.2 Å². The standard InChI is InChI=1S/C27H31N3O5/c1-18(8-6-12-24(32)30-15-7-11-21(30)17-31)27(35)22-16-20(13-14-23(22)29(2)26(27)34)28-25(33)19-9-4-3-5-10-19/h3-6,8-10,13-14,16,18,21,31,35H,7,11-12,15,17H2,1-2H3,(H,28,33)/b8-6+/t18-,21-,27+/m0/s1. The van der Waals surface area contributed by atoms with Crippen molar-refractivity contribution in [3.05, 3.63) is 71.8 Å². The molecule has 2 aliphatic rings. The van der Waals surface area contributed by atoms with Crippen molar-refractivity contribution in [2.24, 2.45) is 5.92 Å². The first-order valence-electron chi connectivity index (χ1n) is 11.9. The molecule has 0 aromatic heterocycles. The predicted molar refractivity (Wildman–Crippen MR) is 133 cm³/mol. The average Bonchev–Trinajstić information content (AvgIpc) is 3.43. The topological polar surface area (TPSA) is 110 Å². The van der Waals surface area contributed by atoms with Crippen molar-refractivity contribution in [3.63, 3.8) is 0 Å². The molecule has 0 unspecified atom stereocenters. The number of aliphatic hydroxyl groups is 2. The number of aliphatic hydroxyl groups excluding tert-OH is 1. The highest BCUT2D eigenvalue weighted by atomic mass is 16.3. The molecule has 2 aliphatic heterocycles. The minimum Gasteiger partial charge on any atom is -0.394 e. The lowest BCUT2D eigenvalue weighted by atomic mass is 9.82. The first kappa shape index (κ1) is 24.6. The zero-order valence-corrected chi connectivity index (χ0v) is 20.0. The highest BCUT2D eigenvalue weighted by Gasteiger charge is 2.51. The number of carbonyl (C=O) groups excluding carboxylic acids is 3. The molecule has 35 heavy (non-hydrogen) atoms. The maximum absolute atomic E-state index is 13.1. The number of amides is 3. The summed E-state index contributed by atoms with van der Waals surface area (Å²) < 4.78 is 0. The summed E-state index contributed by atoms with van der Waals surface area (Å²) >= 11 is 0. The Kier molecular flexibility index (Phi) is 7.05. The number of hydrogen-bond acceptors (Lipinski definition) is 5. The van der Waals surface area contributed by atoms with E-state index in [1.807, 2.05) is 6.07 Å². The van der Waals surface area contributed by atoms with E-state index in [-0.39, 0.29) is 30.9 Å². The molecule has 184 valence electrons. The molecule has 1 fully saturated rings. The summed E-state index contributed by atoms with van der Waals surface area (Å²) in [5.74, 6) is -1.47. The quantitative estimate of drug-likeness (QED) is 0.531. The Morgan fingerprint density at radius 2 is 1.97 bits per heavy atom. The Labute approximate surface area is 204 Å². The minimum atomic E-state index is -1.83. The number of hydrogen-bond donors (Lipinski definition) is 3. The molecule has 3 atom stereocenters. The van der Waals surface area contributed by atoms with Crippen LogP contribution in [0.1, 0.15) is 42.1 Å². The second kappa shape index (κ2) is 10.0. The van der Waals surface area contributed by atoms with E-state index < -0.39 is 17.4 Å². The van der Waals surface area contributed by atoms with Crippen LogP contribution in [0.15, 0.2) is 60.7 Å². The van der Waals surface area contributed by atoms with Crippen molar-refractivity contribution in [2.75, 3.05) is 30.4 Å². The summed E-state index contributed by atoms with van der Waals surface area (Å²) in [7, 11) is 1.60. The van der Waals surface area contributed by atoms with Gasteiger partial charge in [-0.15, -0.1) is 0 Å². The maximum Gasteiger partial charge on any atom is 0.264 e. The molecular weight excluding hydrogens is 446 g/mol. The van der Waals surface area contributed by atoms with E-state index in [0.717, 1.165) is 12.8 Å². The third kappa shape index (κ3) is 4.59. The van der Waals surface area contributed by atoms with E-state index in [1.165, 1.54) is 4.90 Å². The van der Waals surface area contributed by atoms with Crippen LogP contribution >= 0.6 is 0 Å². The van der Waals surface area contributed by atoms with E-state index in [9.17, 15) is 24.6 Å². The van der Waals surface area contributed by atoms with Gasteiger partial charge in [-0.25, -0.2) is 0 Å². The van der Waals surface area contributed by atoms with Crippen LogP contribution in [0.25, 0.3) is 0 Å². The fourth-order valence-corrected chi connectivity index (χ4v) is 4.91. The van der Waals surface area contributed by atoms with E-state index in [0.29, 0.717) is 29.0 Å². The van der Waals surface area contributed by atoms with Gasteiger partial charge in [-0.2, -0.15) is 0 Å². The number of anilines is 2. The van der Waals surface area contributed by atoms with E-state index in [2.05, 4.69) is 5.32 Å². The van der Waals surface area contributed by atoms with Crippen LogP contribution in [0.2, 0.25) is 0 Å². The van der Waals surface area contributed by atoms with E-state index >= 15 is 0 Å². The van der Waals surface area contributed by atoms with Gasteiger partial charge in [-0.3, -0.25) is 14.4 Å². The van der Waals surface area contributed by atoms with Gasteiger partial charge in [0.15, 0.2) is 5.60 Å². The fraction of sp³-hybridized carbons (Fsp3) is 0.370. The number of likely N-dealkylation sites (N-methyl/N-ethyl adjacent to an activating group) is 1. The number of benzene rings is 2. The molecule has 8 nitrogen and oxygen atoms in total. The van der Waals surface area contributed by atoms with Crippen molar-refractivity contribution in [1.82, 2.24) is 4.90 Å². The van der Waals surface area contributed by atoms with Gasteiger partial charge in [0, 0.05) is 42.7 Å². The van der Waals surface area contributed by atoms with Gasteiger partial charge in [-0.1, -0.05) is 37.3 Å². The summed E-state index contributed by atoms with van der Waals surface area (Å²) in [5, 5.41) is 23.9. The van der Waals surface area contributed by atoms with Crippen LogP contribution in [0, 0.1) is 5.92 Å². The van der Waals surface area contributed by atoms with Gasteiger partial charge < -0.3 is 25.3 Å². The highest BCUT2D eigenvalue weighted by molar-refractivity contribution is 6.08. The van der Waals surface area contributed by atoms with Gasteiger partial charge in [0.05, 0.1) is 18.3 Å². The van der Waals surface area contributed by atoms with Crippen LogP contribution in [-0.2, 0) is 15.2 Å². The molecule has 2 aromatic carbocycles. The van der Waals surface area contributed by atoms with Gasteiger partial charge in [-0.05, 0) is 43.2 Å². The van der Waals surface area contributed by atoms with Gasteiger partial charge >= 0.3 is 0 Å². The van der Waals surface area contributed by atoms with Crippen molar-refractivity contribution in [2.45, 2.75) is 37.8 Å². The Morgan fingerprint density at radius 1 is 1.23 bits per heavy atom. The molecule has 2 heterocycles. The molecule has 4 rings (SSSR count). The van der Waals surface area contributed by atoms with Gasteiger partial charge in [0.2, 0.25) is 5.91 Å². The number of likely N-dealkylation sites (tertiary alicyclic amines) is 1. The molecular formula is C27H31N3O5. The molecule has 0 bridgehead atoms. The van der Waals surface area contributed by atoms with E-state index in [1.54, 1.807) is 73.5 Å². The summed E-state index contributed by atoms with van der Waals surface area (Å²) in [5.41, 5.74) is 0.0975. The second-order valence-electron chi connectivity index (χ2n) is 9.17. The van der Waals surface area contributed by atoms with E-state index in [4.69, 9.17) is 0 Å². The molecule has 0 spiro atoms. The molecule has 3 amide bonds.